The van der Waals surface area contributed by atoms with E-state index in [4.69, 9.17) is 19.9 Å². The number of cyclic esters (lactones) is 1. The number of ketones is 4. The number of unbranched alkanes of at least 4 members (excludes halogenated alkanes) is 7. The highest BCUT2D eigenvalue weighted by Gasteiger charge is 2.41. The van der Waals surface area contributed by atoms with Crippen molar-refractivity contribution in [3.63, 3.8) is 0 Å². The molecular weight excluding hydrogens is 1630 g/mol. The van der Waals surface area contributed by atoms with Crippen LogP contribution in [0.4, 0.5) is 5.69 Å². The van der Waals surface area contributed by atoms with Crippen LogP contribution in [0.2, 0.25) is 0 Å². The molecule has 119 heavy (non-hydrogen) atoms. The lowest BCUT2D eigenvalue weighted by Crippen LogP contribution is -2.57. The quantitative estimate of drug-likeness (QED) is 0.0118. The molecule has 40 heteroatoms. The van der Waals surface area contributed by atoms with Crippen LogP contribution in [0.25, 0.3) is 10.9 Å². The van der Waals surface area contributed by atoms with E-state index in [-0.39, 0.29) is 56.4 Å². The highest BCUT2D eigenvalue weighted by atomic mass is 79.9. The average molecular weight is 1740 g/mol. The van der Waals surface area contributed by atoms with Gasteiger partial charge in [-0.05, 0) is 69.4 Å². The third-order valence-corrected chi connectivity index (χ3v) is 20.1. The number of aromatic nitrogens is 1. The highest BCUT2D eigenvalue weighted by Crippen LogP contribution is 2.27. The number of primary amides is 1. The molecule has 0 saturated carbocycles. The fourth-order valence-corrected chi connectivity index (χ4v) is 13.4. The number of rotatable bonds is 40. The van der Waals surface area contributed by atoms with Crippen LogP contribution in [-0.4, -0.2) is 233 Å². The van der Waals surface area contributed by atoms with Crippen LogP contribution in [0.1, 0.15) is 173 Å². The second kappa shape index (κ2) is 51.6. The molecule has 0 unspecified atom stereocenters. The average Bonchev–Trinajstić information content (AvgIpc) is 1.71. The Bertz CT molecular complexity index is 4120. The molecular formula is C79H110BrN13O26. The van der Waals surface area contributed by atoms with Crippen molar-refractivity contribution in [2.45, 2.75) is 218 Å². The number of aliphatic carboxylic acids is 2. The number of esters is 1. The number of carbonyl (C=O) groups is 20. The first-order chi connectivity index (χ1) is 56.5. The largest absolute Gasteiger partial charge is 0.481 e. The van der Waals surface area contributed by atoms with E-state index in [1.807, 2.05) is 6.07 Å². The van der Waals surface area contributed by atoms with E-state index in [0.717, 1.165) is 51.5 Å². The maximum absolute atomic E-state index is 15.1. The zero-order chi connectivity index (χ0) is 88.6. The van der Waals surface area contributed by atoms with Gasteiger partial charge < -0.3 is 98.3 Å². The van der Waals surface area contributed by atoms with Gasteiger partial charge in [0.1, 0.15) is 55.6 Å². The van der Waals surface area contributed by atoms with E-state index in [1.165, 1.54) is 19.1 Å². The monoisotopic (exact) mass is 1740 g/mol. The standard InChI is InChI=1S/C79H110BrN13O26/c1-8-11-13-14-15-16-17-23-66(102)87-56(27-47-37-93(7)60-22-19-18-20-50(47)60)77(114)89-55(34-65(81)101)63(99)28-46(30-70(107)108)73(110)92-71-45(6)119-79(116)57(33-61(97)52-31-49(80)24-25-53(52)82-10-3)90-75(112)51(43(4)26-69(105)106)32-64(100)58(38-94)88-68(104)35-83-76(113)59(40-118-42-96)91-72(109)44(5)85-74(111)48(39-117-41-95)29-62(98)54(21-12-9-2)86-67(103)36-84-78(71)115/h18-20,22,24-25,31,37,41-46,48,51,54-59,71,82,94H,8-17,21,23,26-30,32-36,38-40H2,1-7H3,(H2,81,101)(H,83,113)(H,84,115)(H,85,111)(H,86,103)(H,87,102)(H,88,104)(H,89,114)(H,90,112)(H,91,109)(H,92,110)(H,105,106)(H,107,108)/t43-,44-,45-,46+,48+,51+,54+,55-,56+,57+,58-,59+,71+/m1/s1. The Morgan fingerprint density at radius 1 is 0.664 bits per heavy atom. The maximum Gasteiger partial charge on any atom is 0.329 e. The number of halogens is 1. The number of hydrogen-bond acceptors (Lipinski definition) is 25. The minimum absolute atomic E-state index is 0.0106. The third-order valence-electron chi connectivity index (χ3n) is 19.6. The molecule has 4 rings (SSSR count). The van der Waals surface area contributed by atoms with Gasteiger partial charge in [0, 0.05) is 97.3 Å². The van der Waals surface area contributed by atoms with Crippen LogP contribution >= 0.6 is 15.9 Å². The second-order valence-electron chi connectivity index (χ2n) is 29.1. The summed E-state index contributed by atoms with van der Waals surface area (Å²) >= 11 is 3.31. The summed E-state index contributed by atoms with van der Waals surface area (Å²) in [6.07, 6.45) is -1.10. The molecule has 1 aliphatic rings. The number of aryl methyl sites for hydroxylation is 1. The van der Waals surface area contributed by atoms with Gasteiger partial charge in [0.25, 0.3) is 12.9 Å². The van der Waals surface area contributed by atoms with Crippen LogP contribution < -0.4 is 64.2 Å². The Morgan fingerprint density at radius 3 is 1.91 bits per heavy atom. The minimum atomic E-state index is -2.34. The number of aliphatic hydroxyl groups is 1. The summed E-state index contributed by atoms with van der Waals surface area (Å²) < 4.78 is 17.5. The Morgan fingerprint density at radius 2 is 1.28 bits per heavy atom. The number of nitrogens with one attached hydrogen (secondary N) is 11. The van der Waals surface area contributed by atoms with Gasteiger partial charge >= 0.3 is 17.9 Å². The zero-order valence-electron chi connectivity index (χ0n) is 67.6. The first-order valence-corrected chi connectivity index (χ1v) is 40.1. The van der Waals surface area contributed by atoms with Crippen molar-refractivity contribution in [2.75, 3.05) is 44.8 Å². The van der Waals surface area contributed by atoms with Crippen molar-refractivity contribution in [1.29, 1.82) is 0 Å². The maximum atomic E-state index is 15.1. The van der Waals surface area contributed by atoms with Crippen LogP contribution in [0.3, 0.4) is 0 Å². The van der Waals surface area contributed by atoms with Crippen molar-refractivity contribution >= 4 is 151 Å². The van der Waals surface area contributed by atoms with E-state index in [2.05, 4.69) is 81.3 Å². The lowest BCUT2D eigenvalue weighted by molar-refractivity contribution is -0.156. The molecule has 13 atom stereocenters. The molecule has 16 N–H and O–H groups in total. The summed E-state index contributed by atoms with van der Waals surface area (Å²) in [4.78, 5) is 275. The lowest BCUT2D eigenvalue weighted by Gasteiger charge is -2.29. The van der Waals surface area contributed by atoms with Crippen molar-refractivity contribution in [3.05, 3.63) is 64.3 Å². The zero-order valence-corrected chi connectivity index (χ0v) is 69.2. The van der Waals surface area contributed by atoms with Gasteiger partial charge in [-0.3, -0.25) is 91.1 Å². The number of nitrogens with zero attached hydrogens (tertiary/aromatic N) is 1. The fraction of sp³-hybridized carbons (Fsp3) is 0.570. The molecule has 0 bridgehead atoms. The summed E-state index contributed by atoms with van der Waals surface area (Å²) in [5.41, 5.74) is 7.09. The topological polar surface area (TPSA) is 593 Å². The number of nitrogens with two attached hydrogens (primary N) is 1. The van der Waals surface area contributed by atoms with Gasteiger partial charge in [0.15, 0.2) is 23.1 Å². The van der Waals surface area contributed by atoms with Crippen molar-refractivity contribution in [1.82, 2.24) is 57.7 Å². The first kappa shape index (κ1) is 99.8. The summed E-state index contributed by atoms with van der Waals surface area (Å²) in [6, 6.07) is -3.26. The number of benzene rings is 2. The van der Waals surface area contributed by atoms with E-state index in [0.29, 0.717) is 34.7 Å². The van der Waals surface area contributed by atoms with Crippen molar-refractivity contribution < 1.29 is 125 Å². The Labute approximate surface area is 695 Å². The number of carboxylic acids is 2. The van der Waals surface area contributed by atoms with E-state index >= 15 is 4.79 Å². The molecule has 1 aromatic heterocycles. The van der Waals surface area contributed by atoms with Crippen LogP contribution in [0, 0.1) is 23.7 Å². The SMILES string of the molecule is CCCCCCCCCC(=O)N[C@@H](Cc1cn(C)c2ccccc12)C(=O)N[C@H](CC(N)=O)C(=O)C[C@@H](CC(=O)O)C(=O)N[C@@H]1C(=O)NCC(=O)N[C@@H](CCCC)C(=O)C[C@@H](COC=O)C(=O)N[C@H](C)C(=O)N[C@@H](COC=O)C(=O)NCC(=O)N[C@H](CO)C(=O)C[C@@H]([C@H](C)CC(=O)O)C(=O)N[C@@H](CC(=O)c2cc(Br)ccc2NCC)C(=O)O[C@@H]1C. The number of hydrogen-bond donors (Lipinski definition) is 15. The van der Waals surface area contributed by atoms with Crippen LogP contribution in [0.5, 0.6) is 0 Å². The molecule has 1 aliphatic heterocycles. The van der Waals surface area contributed by atoms with Crippen LogP contribution in [-0.2, 0) is 119 Å². The molecule has 0 radical (unpaired) electrons. The smallest absolute Gasteiger partial charge is 0.329 e. The lowest BCUT2D eigenvalue weighted by atomic mass is 9.84. The van der Waals surface area contributed by atoms with E-state index in [1.54, 1.807) is 55.9 Å². The van der Waals surface area contributed by atoms with Crippen molar-refractivity contribution in [3.8, 4) is 0 Å². The summed E-state index contributed by atoms with van der Waals surface area (Å²) in [5.74, 6) is -28.8. The van der Waals surface area contributed by atoms with Gasteiger partial charge in [0.05, 0.1) is 56.5 Å². The highest BCUT2D eigenvalue weighted by molar-refractivity contribution is 9.10. The van der Waals surface area contributed by atoms with Gasteiger partial charge in [-0.1, -0.05) is 106 Å². The Kier molecular flexibility index (Phi) is 43.3. The number of Topliss-reactive ketones (excluding diaryl/α,β-unsaturated/α-hetero) is 4. The van der Waals surface area contributed by atoms with Gasteiger partial charge in [-0.15, -0.1) is 0 Å². The molecule has 1 saturated heterocycles. The van der Waals surface area contributed by atoms with Crippen molar-refractivity contribution in [2.24, 2.45) is 36.5 Å². The number of aliphatic hydroxyl groups excluding tert-OH is 1. The minimum Gasteiger partial charge on any atom is -0.481 e. The molecule has 654 valence electrons. The molecule has 3 aromatic rings. The Hall–Kier alpha value is -11.6. The number of fused-ring (bicyclic) bond motifs is 1. The number of carboxylic acid groups (broad SMARTS) is 2. The van der Waals surface area contributed by atoms with Crippen LogP contribution in [0.15, 0.2) is 53.1 Å². The molecule has 2 aromatic carbocycles. The molecule has 0 spiro atoms. The number of amides is 11. The first-order valence-electron chi connectivity index (χ1n) is 39.3. The van der Waals surface area contributed by atoms with Gasteiger partial charge in [-0.2, -0.15) is 0 Å². The summed E-state index contributed by atoms with van der Waals surface area (Å²) in [5, 5.41) is 57.8. The molecule has 2 heterocycles. The van der Waals surface area contributed by atoms with E-state index in [9.17, 15) is 106 Å². The van der Waals surface area contributed by atoms with E-state index < -0.39 is 262 Å². The molecule has 39 nitrogen and oxygen atoms in total. The molecule has 0 aliphatic carbocycles. The number of carbonyl (C=O) groups excluding carboxylic acids is 18. The fourth-order valence-electron chi connectivity index (χ4n) is 13.1. The second-order valence-corrected chi connectivity index (χ2v) is 30.0. The molecule has 11 amide bonds. The summed E-state index contributed by atoms with van der Waals surface area (Å²) in [6.45, 7) is 3.78. The van der Waals surface area contributed by atoms with Gasteiger partial charge in [0.2, 0.25) is 65.0 Å². The molecule has 1 fully saturated rings. The van der Waals surface area contributed by atoms with Gasteiger partial charge in [-0.25, -0.2) is 4.79 Å². The normalized spacial score (nSPS) is 21.0. The number of ether oxygens (including phenoxy) is 3. The third kappa shape index (κ3) is 34.1. The summed E-state index contributed by atoms with van der Waals surface area (Å²) in [7, 11) is 1.76. The predicted octanol–water partition coefficient (Wildman–Crippen LogP) is 0.120. The Balaban J connectivity index is 1.91. The predicted molar refractivity (Wildman–Crippen MR) is 427 cm³/mol. The number of para-hydroxylation sites is 1. The number of anilines is 1.